The molecule has 4 rings (SSSR count). The predicted octanol–water partition coefficient (Wildman–Crippen LogP) is 3.64. The average Bonchev–Trinajstić information content (AvgIpc) is 3.32. The Morgan fingerprint density at radius 3 is 2.12 bits per heavy atom. The summed E-state index contributed by atoms with van der Waals surface area (Å²) in [6.07, 6.45) is 0. The first-order chi connectivity index (χ1) is 15.5. The number of carbonyl (C=O) groups excluding carboxylic acids is 2. The van der Waals surface area contributed by atoms with E-state index >= 15 is 0 Å². The Labute approximate surface area is 191 Å². The molecule has 1 aromatic heterocycles. The largest absolute Gasteiger partial charge is 0.497 e. The van der Waals surface area contributed by atoms with Gasteiger partial charge in [0.25, 0.3) is 11.8 Å². The number of rotatable bonds is 6. The summed E-state index contributed by atoms with van der Waals surface area (Å²) in [6.45, 7) is 4.29. The van der Waals surface area contributed by atoms with Crippen molar-refractivity contribution in [1.29, 1.82) is 0 Å². The van der Waals surface area contributed by atoms with E-state index in [0.29, 0.717) is 49.8 Å². The molecule has 1 aliphatic heterocycles. The van der Waals surface area contributed by atoms with Gasteiger partial charge in [-0.05, 0) is 43.3 Å². The lowest BCUT2D eigenvalue weighted by atomic mass is 10.1. The number of thiazole rings is 1. The van der Waals surface area contributed by atoms with Crippen molar-refractivity contribution < 1.29 is 19.1 Å². The van der Waals surface area contributed by atoms with Crippen LogP contribution >= 0.6 is 11.3 Å². The number of hydrogen-bond donors (Lipinski definition) is 0. The van der Waals surface area contributed by atoms with E-state index < -0.39 is 0 Å². The molecule has 0 bridgehead atoms. The second-order valence-corrected chi connectivity index (χ2v) is 8.48. The molecule has 1 fully saturated rings. The first-order valence-electron chi connectivity index (χ1n) is 10.4. The van der Waals surface area contributed by atoms with Crippen molar-refractivity contribution >= 4 is 23.2 Å². The van der Waals surface area contributed by atoms with Crippen LogP contribution in [0.3, 0.4) is 0 Å². The van der Waals surface area contributed by atoms with E-state index in [1.54, 1.807) is 46.6 Å². The summed E-state index contributed by atoms with van der Waals surface area (Å²) >= 11 is 1.41. The molecule has 0 N–H and O–H groups in total. The zero-order valence-electron chi connectivity index (χ0n) is 18.1. The molecule has 2 aromatic carbocycles. The van der Waals surface area contributed by atoms with Gasteiger partial charge in [-0.2, -0.15) is 0 Å². The molecule has 1 aliphatic rings. The highest BCUT2D eigenvalue weighted by Gasteiger charge is 2.26. The van der Waals surface area contributed by atoms with Crippen molar-refractivity contribution in [1.82, 2.24) is 14.8 Å². The van der Waals surface area contributed by atoms with Gasteiger partial charge in [-0.25, -0.2) is 4.98 Å². The minimum absolute atomic E-state index is 0.0380. The van der Waals surface area contributed by atoms with Crippen LogP contribution in [0.25, 0.3) is 0 Å². The van der Waals surface area contributed by atoms with Crippen molar-refractivity contribution in [3.05, 3.63) is 75.7 Å². The normalized spacial score (nSPS) is 13.7. The number of methoxy groups -OCH3 is 1. The Bertz CT molecular complexity index is 1070. The predicted molar refractivity (Wildman–Crippen MR) is 122 cm³/mol. The monoisotopic (exact) mass is 451 g/mol. The number of aromatic nitrogens is 1. The molecule has 2 heterocycles. The number of ether oxygens (including phenoxy) is 2. The summed E-state index contributed by atoms with van der Waals surface area (Å²) in [5, 5.41) is 2.52. The van der Waals surface area contributed by atoms with Gasteiger partial charge in [-0.3, -0.25) is 9.59 Å². The first kappa shape index (κ1) is 21.8. The lowest BCUT2D eigenvalue weighted by molar-refractivity contribution is 0.0532. The van der Waals surface area contributed by atoms with Crippen molar-refractivity contribution in [2.45, 2.75) is 13.5 Å². The molecule has 0 aliphatic carbocycles. The molecule has 0 radical (unpaired) electrons. The molecule has 0 spiro atoms. The molecule has 0 unspecified atom stereocenters. The van der Waals surface area contributed by atoms with Crippen LogP contribution < -0.4 is 9.47 Å². The van der Waals surface area contributed by atoms with Crippen molar-refractivity contribution in [3.63, 3.8) is 0 Å². The van der Waals surface area contributed by atoms with Crippen LogP contribution in [0.2, 0.25) is 0 Å². The van der Waals surface area contributed by atoms with Crippen LogP contribution in [0, 0.1) is 6.92 Å². The number of benzene rings is 2. The Morgan fingerprint density at radius 2 is 1.50 bits per heavy atom. The van der Waals surface area contributed by atoms with Gasteiger partial charge in [0, 0.05) is 37.1 Å². The van der Waals surface area contributed by atoms with Crippen molar-refractivity contribution in [2.24, 2.45) is 0 Å². The van der Waals surface area contributed by atoms with E-state index in [2.05, 4.69) is 4.98 Å². The SMILES string of the molecule is COc1ccc(C(=O)N2CCN(C(=O)c3csc(COc4ccc(C)cc4)n3)CC2)cc1. The highest BCUT2D eigenvalue weighted by molar-refractivity contribution is 7.09. The van der Waals surface area contributed by atoms with E-state index in [-0.39, 0.29) is 11.8 Å². The van der Waals surface area contributed by atoms with Crippen molar-refractivity contribution in [2.75, 3.05) is 33.3 Å². The fraction of sp³-hybridized carbons (Fsp3) is 0.292. The molecule has 2 amide bonds. The van der Waals surface area contributed by atoms with Crippen LogP contribution in [0.4, 0.5) is 0 Å². The van der Waals surface area contributed by atoms with E-state index in [0.717, 1.165) is 10.8 Å². The van der Waals surface area contributed by atoms with E-state index in [9.17, 15) is 9.59 Å². The summed E-state index contributed by atoms with van der Waals surface area (Å²) in [7, 11) is 1.59. The molecule has 3 aromatic rings. The van der Waals surface area contributed by atoms with Gasteiger partial charge in [-0.15, -0.1) is 11.3 Å². The molecule has 7 nitrogen and oxygen atoms in total. The molecule has 32 heavy (non-hydrogen) atoms. The number of hydrogen-bond acceptors (Lipinski definition) is 6. The summed E-state index contributed by atoms with van der Waals surface area (Å²) in [6, 6.07) is 14.9. The third-order valence-corrected chi connectivity index (χ3v) is 6.17. The maximum Gasteiger partial charge on any atom is 0.273 e. The van der Waals surface area contributed by atoms with Gasteiger partial charge in [-0.1, -0.05) is 17.7 Å². The third kappa shape index (κ3) is 5.08. The fourth-order valence-corrected chi connectivity index (χ4v) is 4.12. The third-order valence-electron chi connectivity index (χ3n) is 5.35. The second-order valence-electron chi connectivity index (χ2n) is 7.54. The zero-order valence-corrected chi connectivity index (χ0v) is 18.9. The Kier molecular flexibility index (Phi) is 6.70. The van der Waals surface area contributed by atoms with Crippen LogP contribution in [0.5, 0.6) is 11.5 Å². The maximum atomic E-state index is 12.9. The quantitative estimate of drug-likeness (QED) is 0.572. The minimum Gasteiger partial charge on any atom is -0.497 e. The summed E-state index contributed by atoms with van der Waals surface area (Å²) in [4.78, 5) is 33.5. The number of nitrogens with zero attached hydrogens (tertiary/aromatic N) is 3. The van der Waals surface area contributed by atoms with Gasteiger partial charge in [0.1, 0.15) is 28.8 Å². The summed E-state index contributed by atoms with van der Waals surface area (Å²) in [5.41, 5.74) is 2.21. The van der Waals surface area contributed by atoms with Crippen LogP contribution in [0.1, 0.15) is 31.4 Å². The smallest absolute Gasteiger partial charge is 0.273 e. The maximum absolute atomic E-state index is 12.9. The van der Waals surface area contributed by atoms with E-state index in [4.69, 9.17) is 9.47 Å². The van der Waals surface area contributed by atoms with Crippen LogP contribution in [0.15, 0.2) is 53.9 Å². The zero-order chi connectivity index (χ0) is 22.5. The Balaban J connectivity index is 1.29. The highest BCUT2D eigenvalue weighted by Crippen LogP contribution is 2.18. The molecule has 0 saturated carbocycles. The number of aryl methyl sites for hydroxylation is 1. The summed E-state index contributed by atoms with van der Waals surface area (Å²) < 4.78 is 10.9. The molecule has 0 atom stereocenters. The van der Waals surface area contributed by atoms with E-state index in [1.165, 1.54) is 16.9 Å². The van der Waals surface area contributed by atoms with Gasteiger partial charge in [0.2, 0.25) is 0 Å². The average molecular weight is 452 g/mol. The van der Waals surface area contributed by atoms with Crippen LogP contribution in [-0.2, 0) is 6.61 Å². The van der Waals surface area contributed by atoms with Crippen molar-refractivity contribution in [3.8, 4) is 11.5 Å². The standard InChI is InChI=1S/C24H25N3O4S/c1-17-3-7-20(8-4-17)31-15-22-25-21(16-32-22)24(29)27-13-11-26(12-14-27)23(28)18-5-9-19(30-2)10-6-18/h3-10,16H,11-15H2,1-2H3. The molecule has 166 valence electrons. The minimum atomic E-state index is -0.112. The summed E-state index contributed by atoms with van der Waals surface area (Å²) in [5.74, 6) is 1.34. The highest BCUT2D eigenvalue weighted by atomic mass is 32.1. The second kappa shape index (κ2) is 9.82. The number of piperazine rings is 1. The van der Waals surface area contributed by atoms with Gasteiger partial charge in [0.05, 0.1) is 7.11 Å². The van der Waals surface area contributed by atoms with E-state index in [1.807, 2.05) is 31.2 Å². The molecular weight excluding hydrogens is 426 g/mol. The number of amides is 2. The molecule has 8 heteroatoms. The van der Waals surface area contributed by atoms with Gasteiger partial charge >= 0.3 is 0 Å². The first-order valence-corrected chi connectivity index (χ1v) is 11.3. The molecular formula is C24H25N3O4S. The van der Waals surface area contributed by atoms with Gasteiger partial charge in [0.15, 0.2) is 0 Å². The van der Waals surface area contributed by atoms with Gasteiger partial charge < -0.3 is 19.3 Å². The lowest BCUT2D eigenvalue weighted by Crippen LogP contribution is -2.50. The Hall–Kier alpha value is -3.39. The molecule has 1 saturated heterocycles. The topological polar surface area (TPSA) is 72.0 Å². The lowest BCUT2D eigenvalue weighted by Gasteiger charge is -2.34. The number of carbonyl (C=O) groups is 2. The van der Waals surface area contributed by atoms with Crippen LogP contribution in [-0.4, -0.2) is 59.9 Å². The Morgan fingerprint density at radius 1 is 0.906 bits per heavy atom. The fourth-order valence-electron chi connectivity index (χ4n) is 3.45.